The minimum atomic E-state index is 0. The van der Waals surface area contributed by atoms with Crippen molar-refractivity contribution >= 4 is 25.3 Å². The molecular formula is C42H54Cl2Zr-2. The summed E-state index contributed by atoms with van der Waals surface area (Å²) in [5, 5.41) is 5.49. The van der Waals surface area contributed by atoms with Crippen LogP contribution in [0.1, 0.15) is 112 Å². The van der Waals surface area contributed by atoms with Gasteiger partial charge >= 0.3 is 89.5 Å². The number of fused-ring (bicyclic) bond motifs is 3. The quantitative estimate of drug-likeness (QED) is 0.224. The summed E-state index contributed by atoms with van der Waals surface area (Å²) in [6.07, 6.45) is 5.68. The zero-order valence-electron chi connectivity index (χ0n) is 29.9. The molecule has 0 aliphatic heterocycles. The third-order valence-electron chi connectivity index (χ3n) is 8.31. The van der Waals surface area contributed by atoms with Crippen molar-refractivity contribution < 1.29 is 49.0 Å². The number of allylic oxidation sites excluding steroid dienone is 4. The molecule has 4 aromatic rings. The largest absolute Gasteiger partial charge is 1.00 e. The first kappa shape index (κ1) is 41.4. The fourth-order valence-corrected chi connectivity index (χ4v) is 5.97. The molecule has 0 heterocycles. The predicted octanol–water partition coefficient (Wildman–Crippen LogP) is 5.96. The molecule has 0 aromatic heterocycles. The van der Waals surface area contributed by atoms with Crippen LogP contribution in [0, 0.1) is 17.9 Å². The Kier molecular flexibility index (Phi) is 15.1. The zero-order chi connectivity index (χ0) is 32.3. The third-order valence-corrected chi connectivity index (χ3v) is 9.13. The Bertz CT molecular complexity index is 1540. The van der Waals surface area contributed by atoms with Crippen LogP contribution in [0.25, 0.3) is 21.5 Å². The van der Waals surface area contributed by atoms with Crippen LogP contribution in [0.3, 0.4) is 0 Å². The molecule has 3 heteroatoms. The first-order chi connectivity index (χ1) is 19.8. The molecular weight excluding hydrogens is 667 g/mol. The van der Waals surface area contributed by atoms with E-state index < -0.39 is 0 Å². The van der Waals surface area contributed by atoms with Crippen LogP contribution < -0.4 is 24.8 Å². The Hall–Kier alpha value is -1.66. The maximum absolute atomic E-state index is 3.37. The molecule has 0 amide bonds. The van der Waals surface area contributed by atoms with Gasteiger partial charge in [-0.05, 0) is 10.8 Å². The van der Waals surface area contributed by atoms with E-state index in [2.05, 4.69) is 173 Å². The van der Waals surface area contributed by atoms with Gasteiger partial charge in [0.2, 0.25) is 0 Å². The summed E-state index contributed by atoms with van der Waals surface area (Å²) in [6, 6.07) is 25.0. The summed E-state index contributed by atoms with van der Waals surface area (Å²) in [5.74, 6) is 1.20. The van der Waals surface area contributed by atoms with Crippen LogP contribution in [0.2, 0.25) is 0 Å². The van der Waals surface area contributed by atoms with Gasteiger partial charge in [-0.25, -0.2) is 5.57 Å². The van der Waals surface area contributed by atoms with Gasteiger partial charge < -0.3 is 24.8 Å². The van der Waals surface area contributed by atoms with Gasteiger partial charge in [0.1, 0.15) is 0 Å². The van der Waals surface area contributed by atoms with E-state index in [1.54, 1.807) is 0 Å². The van der Waals surface area contributed by atoms with Crippen molar-refractivity contribution in [1.82, 2.24) is 0 Å². The van der Waals surface area contributed by atoms with Crippen molar-refractivity contribution in [3.8, 4) is 0 Å². The number of halogens is 2. The first-order valence-electron chi connectivity index (χ1n) is 15.9. The van der Waals surface area contributed by atoms with E-state index in [4.69, 9.17) is 0 Å². The maximum atomic E-state index is 3.37. The molecule has 0 saturated carbocycles. The second kappa shape index (κ2) is 16.4. The summed E-state index contributed by atoms with van der Waals surface area (Å²) in [4.78, 5) is 0. The SMILES string of the molecule is CC(C)(C)c1ccc([CH]=[Zr+2])cc1.CC(C)(C)c1ccc2[cH-]c3ccc(C(C)(C)C)cc3c2c1.CC1=[C-]C(C)C=C1C(C)C.[Cl-].[Cl-]. The fourth-order valence-electron chi connectivity index (χ4n) is 5.50. The molecule has 1 unspecified atom stereocenters. The monoisotopic (exact) mass is 718 g/mol. The van der Waals surface area contributed by atoms with Crippen LogP contribution in [0.4, 0.5) is 0 Å². The molecule has 242 valence electrons. The average Bonchev–Trinajstić information content (AvgIpc) is 3.45. The molecule has 5 rings (SSSR count). The molecule has 45 heavy (non-hydrogen) atoms. The second-order valence-corrected chi connectivity index (χ2v) is 16.3. The van der Waals surface area contributed by atoms with E-state index >= 15 is 0 Å². The fraction of sp³-hybridized carbons (Fsp3) is 0.429. The van der Waals surface area contributed by atoms with Crippen LogP contribution in [-0.4, -0.2) is 3.71 Å². The summed E-state index contributed by atoms with van der Waals surface area (Å²) in [6.45, 7) is 29.2. The molecule has 0 fully saturated rings. The standard InChI is InChI=1S/C21H25.C11H14.C10H15.2ClH.Zr/c1-20(2,3)16-9-7-14-11-15-8-10-17(21(4,5)6)13-19(15)18(14)12-16;1-9-5-7-10(8-6-9)11(2,3)4;1-7(2)10-6-8(3)5-9(10)4;;;/h7-13H,1-6H3;1,5-8H,2-4H3;6-8H,1-4H3;2*1H;/q-1;;-1;;;+2/p-2. The van der Waals surface area contributed by atoms with E-state index in [-0.39, 0.29) is 41.1 Å². The molecule has 0 radical (unpaired) electrons. The maximum Gasteiger partial charge on any atom is -0.0145 e. The van der Waals surface area contributed by atoms with Crippen molar-refractivity contribution in [2.24, 2.45) is 11.8 Å². The Morgan fingerprint density at radius 2 is 1.09 bits per heavy atom. The number of hydrogen-bond donors (Lipinski definition) is 0. The van der Waals surface area contributed by atoms with E-state index in [1.165, 1.54) is 79.2 Å². The van der Waals surface area contributed by atoms with E-state index in [1.807, 2.05) is 0 Å². The van der Waals surface area contributed by atoms with Crippen molar-refractivity contribution in [1.29, 1.82) is 0 Å². The molecule has 0 spiro atoms. The van der Waals surface area contributed by atoms with Gasteiger partial charge in [-0.2, -0.15) is 11.6 Å². The third kappa shape index (κ3) is 11.2. The van der Waals surface area contributed by atoms with Crippen molar-refractivity contribution in [3.63, 3.8) is 0 Å². The Morgan fingerprint density at radius 3 is 1.38 bits per heavy atom. The van der Waals surface area contributed by atoms with Crippen molar-refractivity contribution in [2.45, 2.75) is 106 Å². The molecule has 4 aromatic carbocycles. The second-order valence-electron chi connectivity index (χ2n) is 15.6. The number of hydrogen-bond acceptors (Lipinski definition) is 0. The Morgan fingerprint density at radius 1 is 0.689 bits per heavy atom. The molecule has 1 atom stereocenters. The number of rotatable bonds is 2. The summed E-state index contributed by atoms with van der Waals surface area (Å²) in [7, 11) is 0. The van der Waals surface area contributed by atoms with Gasteiger partial charge in [0, 0.05) is 0 Å². The van der Waals surface area contributed by atoms with Gasteiger partial charge in [-0.3, -0.25) is 6.08 Å². The van der Waals surface area contributed by atoms with Gasteiger partial charge in [-0.15, -0.1) is 39.7 Å². The summed E-state index contributed by atoms with van der Waals surface area (Å²) < 4.78 is 2.21. The molecule has 1 aliphatic carbocycles. The van der Waals surface area contributed by atoms with Crippen LogP contribution >= 0.6 is 0 Å². The first-order valence-corrected chi connectivity index (χ1v) is 17.3. The summed E-state index contributed by atoms with van der Waals surface area (Å²) >= 11 is 1.46. The Labute approximate surface area is 302 Å². The van der Waals surface area contributed by atoms with E-state index in [9.17, 15) is 0 Å². The summed E-state index contributed by atoms with van der Waals surface area (Å²) in [5.41, 5.74) is 9.05. The van der Waals surface area contributed by atoms with Gasteiger partial charge in [0.05, 0.1) is 0 Å². The van der Waals surface area contributed by atoms with Crippen LogP contribution in [0.15, 0.2) is 84.0 Å². The molecule has 1 aliphatic rings. The minimum absolute atomic E-state index is 0. The van der Waals surface area contributed by atoms with Gasteiger partial charge in [-0.1, -0.05) is 116 Å². The normalized spacial score (nSPS) is 14.8. The van der Waals surface area contributed by atoms with E-state index in [0.717, 1.165) is 0 Å². The molecule has 0 bridgehead atoms. The average molecular weight is 721 g/mol. The Balaban J connectivity index is 0.000000362. The molecule has 0 N–H and O–H groups in total. The minimum Gasteiger partial charge on any atom is -1.00 e. The topological polar surface area (TPSA) is 0 Å². The predicted molar refractivity (Wildman–Crippen MR) is 189 cm³/mol. The van der Waals surface area contributed by atoms with E-state index in [0.29, 0.717) is 11.8 Å². The van der Waals surface area contributed by atoms with Gasteiger partial charge in [0.25, 0.3) is 0 Å². The molecule has 0 nitrogen and oxygen atoms in total. The van der Waals surface area contributed by atoms with Crippen molar-refractivity contribution in [2.75, 3.05) is 0 Å². The van der Waals surface area contributed by atoms with Crippen molar-refractivity contribution in [3.05, 3.63) is 112 Å². The van der Waals surface area contributed by atoms with Crippen LogP contribution in [-0.2, 0) is 40.5 Å². The zero-order valence-corrected chi connectivity index (χ0v) is 33.9. The molecule has 0 saturated heterocycles. The van der Waals surface area contributed by atoms with Crippen LogP contribution in [0.5, 0.6) is 0 Å². The number of benzene rings is 3. The smallest absolute Gasteiger partial charge is 0.0145 e. The van der Waals surface area contributed by atoms with Gasteiger partial charge in [0.15, 0.2) is 0 Å².